The van der Waals surface area contributed by atoms with Gasteiger partial charge in [0, 0.05) is 11.6 Å². The average Bonchev–Trinajstić information content (AvgIpc) is 2.52. The Morgan fingerprint density at radius 3 is 2.30 bits per heavy atom. The lowest BCUT2D eigenvalue weighted by Crippen LogP contribution is -2.47. The van der Waals surface area contributed by atoms with E-state index < -0.39 is 17.4 Å². The highest BCUT2D eigenvalue weighted by molar-refractivity contribution is 7.96. The van der Waals surface area contributed by atoms with Crippen LogP contribution in [0.25, 0.3) is 0 Å². The molecule has 1 rings (SSSR count). The highest BCUT2D eigenvalue weighted by Crippen LogP contribution is 2.27. The van der Waals surface area contributed by atoms with Crippen molar-refractivity contribution >= 4 is 42.2 Å². The van der Waals surface area contributed by atoms with Gasteiger partial charge in [0.1, 0.15) is 16.5 Å². The lowest BCUT2D eigenvalue weighted by Gasteiger charge is -2.25. The van der Waals surface area contributed by atoms with Gasteiger partial charge in [0.15, 0.2) is 10.8 Å². The second-order valence-electron chi connectivity index (χ2n) is 6.25. The number of thiol groups is 2. The molecule has 1 aromatic rings. The molecule has 0 fully saturated rings. The van der Waals surface area contributed by atoms with Gasteiger partial charge in [-0.15, -0.1) is 25.3 Å². The zero-order chi connectivity index (χ0) is 20.8. The molecule has 7 nitrogen and oxygen atoms in total. The molecule has 0 aromatic heterocycles. The number of carbonyl (C=O) groups is 2. The summed E-state index contributed by atoms with van der Waals surface area (Å²) in [5, 5.41) is 11.9. The summed E-state index contributed by atoms with van der Waals surface area (Å²) in [5.41, 5.74) is 1.37. The number of hydrogen-bond acceptors (Lipinski definition) is 6. The topological polar surface area (TPSA) is 101 Å². The lowest BCUT2D eigenvalue weighted by molar-refractivity contribution is -0.132. The Hall–Kier alpha value is -2.35. The van der Waals surface area contributed by atoms with Crippen molar-refractivity contribution < 1.29 is 19.1 Å². The zero-order valence-electron chi connectivity index (χ0n) is 15.5. The Kier molecular flexibility index (Phi) is 8.02. The molecule has 2 amide bonds. The first-order valence-electron chi connectivity index (χ1n) is 7.94. The van der Waals surface area contributed by atoms with Gasteiger partial charge >= 0.3 is 0 Å². The van der Waals surface area contributed by atoms with Crippen LogP contribution in [-0.2, 0) is 4.79 Å². The number of hydrogen-bond donors (Lipinski definition) is 5. The molecule has 146 valence electrons. The smallest absolute Gasteiger partial charge is 0.269 e. The van der Waals surface area contributed by atoms with E-state index >= 15 is 0 Å². The van der Waals surface area contributed by atoms with E-state index in [1.54, 1.807) is 12.1 Å². The first kappa shape index (κ1) is 22.7. The van der Waals surface area contributed by atoms with Crippen LogP contribution in [-0.4, -0.2) is 28.7 Å². The number of amidine groups is 1. The molecule has 9 heteroatoms. The molecule has 0 bridgehead atoms. The predicted molar refractivity (Wildman–Crippen MR) is 111 cm³/mol. The maximum Gasteiger partial charge on any atom is 0.269 e. The van der Waals surface area contributed by atoms with E-state index in [-0.39, 0.29) is 27.6 Å². The second-order valence-corrected chi connectivity index (χ2v) is 7.15. The van der Waals surface area contributed by atoms with Crippen LogP contribution in [0.4, 0.5) is 0 Å². The molecule has 0 spiro atoms. The summed E-state index contributed by atoms with van der Waals surface area (Å²) in [4.78, 5) is 24.6. The van der Waals surface area contributed by atoms with E-state index in [2.05, 4.69) is 48.2 Å². The molecule has 3 N–H and O–H groups in total. The largest absolute Gasteiger partial charge is 0.491 e. The summed E-state index contributed by atoms with van der Waals surface area (Å²) in [6.07, 6.45) is -0.134. The minimum absolute atomic E-state index is 0.134. The fourth-order valence-electron chi connectivity index (χ4n) is 1.92. The number of ether oxygens (including phenoxy) is 2. The third-order valence-corrected chi connectivity index (χ3v) is 3.45. The van der Waals surface area contributed by atoms with E-state index in [0.29, 0.717) is 5.75 Å². The van der Waals surface area contributed by atoms with Gasteiger partial charge in [-0.05, 0) is 39.8 Å². The summed E-state index contributed by atoms with van der Waals surface area (Å²) >= 11 is 7.76. The molecule has 0 radical (unpaired) electrons. The van der Waals surface area contributed by atoms with E-state index in [4.69, 9.17) is 14.9 Å². The second kappa shape index (κ2) is 9.55. The monoisotopic (exact) mass is 409 g/mol. The van der Waals surface area contributed by atoms with Crippen LogP contribution in [0.5, 0.6) is 11.5 Å². The molecule has 0 aliphatic carbocycles. The van der Waals surface area contributed by atoms with Crippen molar-refractivity contribution in [2.75, 3.05) is 0 Å². The fraction of sp³-hybridized carbons (Fsp3) is 0.333. The van der Waals surface area contributed by atoms with Gasteiger partial charge in [-0.2, -0.15) is 0 Å². The Balaban J connectivity index is 3.22. The molecule has 1 aromatic carbocycles. The molecule has 0 saturated heterocycles. The van der Waals surface area contributed by atoms with Crippen molar-refractivity contribution in [3.05, 3.63) is 41.1 Å². The summed E-state index contributed by atoms with van der Waals surface area (Å²) in [7, 11) is 0. The molecule has 0 saturated carbocycles. The van der Waals surface area contributed by atoms with Gasteiger partial charge in [0.2, 0.25) is 0 Å². The standard InChI is InChI=1S/C18H23N3O4S2/c1-6-14(26)20-15(22)11-7-12(24-10(2)3)9-13(8-11)25-18(4,5)16(23)21-17(19)27/h7-10,26H,1H2,2-5H3,(H,20,22)(H3,19,21,23,27). The van der Waals surface area contributed by atoms with Crippen molar-refractivity contribution in [2.45, 2.75) is 39.4 Å². The number of rotatable bonds is 7. The average molecular weight is 410 g/mol. The highest BCUT2D eigenvalue weighted by Gasteiger charge is 2.31. The van der Waals surface area contributed by atoms with Gasteiger partial charge in [-0.3, -0.25) is 15.0 Å². The number of amides is 2. The first-order valence-corrected chi connectivity index (χ1v) is 8.84. The summed E-state index contributed by atoms with van der Waals surface area (Å²) in [5.74, 6) is -0.382. The van der Waals surface area contributed by atoms with Crippen LogP contribution in [0, 0.1) is 5.41 Å². The van der Waals surface area contributed by atoms with Crippen molar-refractivity contribution in [1.82, 2.24) is 10.6 Å². The van der Waals surface area contributed by atoms with Gasteiger partial charge in [0.25, 0.3) is 11.8 Å². The Morgan fingerprint density at radius 1 is 1.19 bits per heavy atom. The first-order chi connectivity index (χ1) is 12.4. The van der Waals surface area contributed by atoms with Crippen LogP contribution in [0.15, 0.2) is 35.5 Å². The number of benzene rings is 1. The third kappa shape index (κ3) is 7.42. The van der Waals surface area contributed by atoms with Gasteiger partial charge in [-0.25, -0.2) is 0 Å². The van der Waals surface area contributed by atoms with Crippen molar-refractivity contribution in [2.24, 2.45) is 0 Å². The molecule has 27 heavy (non-hydrogen) atoms. The van der Waals surface area contributed by atoms with Crippen LogP contribution in [0.3, 0.4) is 0 Å². The van der Waals surface area contributed by atoms with Gasteiger partial charge in [-0.1, -0.05) is 12.3 Å². The predicted octanol–water partition coefficient (Wildman–Crippen LogP) is 2.90. The molecular weight excluding hydrogens is 386 g/mol. The quantitative estimate of drug-likeness (QED) is 0.207. The Bertz CT molecular complexity index is 800. The van der Waals surface area contributed by atoms with E-state index in [1.807, 2.05) is 13.8 Å². The summed E-state index contributed by atoms with van der Waals surface area (Å²) in [6, 6.07) is 4.58. The van der Waals surface area contributed by atoms with Gasteiger partial charge < -0.3 is 20.1 Å². The molecule has 0 atom stereocenters. The Labute approximate surface area is 169 Å². The highest BCUT2D eigenvalue weighted by atomic mass is 32.1. The normalized spacial score (nSPS) is 10.6. The van der Waals surface area contributed by atoms with E-state index in [1.165, 1.54) is 19.9 Å². The maximum absolute atomic E-state index is 12.4. The maximum atomic E-state index is 12.4. The number of nitrogens with one attached hydrogen (secondary N) is 3. The van der Waals surface area contributed by atoms with E-state index in [9.17, 15) is 9.59 Å². The molecule has 0 unspecified atom stereocenters. The summed E-state index contributed by atoms with van der Waals surface area (Å²) in [6.45, 7) is 10.1. The van der Waals surface area contributed by atoms with Crippen LogP contribution in [0.2, 0.25) is 0 Å². The summed E-state index contributed by atoms with van der Waals surface area (Å²) < 4.78 is 11.4. The van der Waals surface area contributed by atoms with Crippen LogP contribution in [0.1, 0.15) is 38.1 Å². The fourth-order valence-corrected chi connectivity index (χ4v) is 2.13. The minimum Gasteiger partial charge on any atom is -0.491 e. The zero-order valence-corrected chi connectivity index (χ0v) is 17.3. The molecular formula is C18H23N3O4S2. The third-order valence-electron chi connectivity index (χ3n) is 3.07. The van der Waals surface area contributed by atoms with Crippen molar-refractivity contribution in [3.8, 4) is 11.5 Å². The van der Waals surface area contributed by atoms with E-state index in [0.717, 1.165) is 0 Å². The lowest BCUT2D eigenvalue weighted by atomic mass is 10.1. The van der Waals surface area contributed by atoms with Crippen LogP contribution >= 0.6 is 25.3 Å². The van der Waals surface area contributed by atoms with Crippen molar-refractivity contribution in [1.29, 1.82) is 5.41 Å². The Morgan fingerprint density at radius 2 is 1.78 bits per heavy atom. The molecule has 0 aliphatic heterocycles. The molecule has 0 aliphatic rings. The minimum atomic E-state index is -1.32. The van der Waals surface area contributed by atoms with Crippen LogP contribution < -0.4 is 20.1 Å². The number of carbonyl (C=O) groups excluding carboxylic acids is 2. The SMILES string of the molecule is C=C=C(S)NC(=O)c1cc(OC(C)C)cc(OC(C)(C)C(=O)NC(=N)S)c1. The molecule has 0 heterocycles. The van der Waals surface area contributed by atoms with Gasteiger partial charge in [0.05, 0.1) is 6.10 Å². The van der Waals surface area contributed by atoms with Crippen molar-refractivity contribution in [3.63, 3.8) is 0 Å².